The average molecular weight is 343 g/mol. The maximum Gasteiger partial charge on any atom is 0.222 e. The molecule has 0 unspecified atom stereocenters. The van der Waals surface area contributed by atoms with Crippen molar-refractivity contribution in [3.05, 3.63) is 58.1 Å². The van der Waals surface area contributed by atoms with Crippen LogP contribution in [0, 0.1) is 13.8 Å². The molecule has 106 valence electrons. The predicted molar refractivity (Wildman–Crippen MR) is 89.8 cm³/mol. The summed E-state index contributed by atoms with van der Waals surface area (Å²) in [5.74, 6) is 1.25. The Bertz CT molecular complexity index is 807. The second-order valence-corrected chi connectivity index (χ2v) is 5.96. The summed E-state index contributed by atoms with van der Waals surface area (Å²) >= 11 is 3.43. The molecule has 0 atom stereocenters. The smallest absolute Gasteiger partial charge is 0.222 e. The number of halogens is 1. The second-order valence-electron chi connectivity index (χ2n) is 5.05. The first kappa shape index (κ1) is 13.9. The number of nitrogens with zero attached hydrogens (tertiary/aromatic N) is 1. The van der Waals surface area contributed by atoms with Crippen molar-refractivity contribution in [1.29, 1.82) is 0 Å². The zero-order chi connectivity index (χ0) is 15.0. The summed E-state index contributed by atoms with van der Waals surface area (Å²) in [7, 11) is 0. The first-order valence-electron chi connectivity index (χ1n) is 6.64. The molecule has 3 aromatic rings. The van der Waals surface area contributed by atoms with Crippen molar-refractivity contribution in [2.45, 2.75) is 13.8 Å². The van der Waals surface area contributed by atoms with Gasteiger partial charge in [0.1, 0.15) is 0 Å². The fourth-order valence-electron chi connectivity index (χ4n) is 2.30. The summed E-state index contributed by atoms with van der Waals surface area (Å²) in [6.07, 6.45) is 0. The third-order valence-electron chi connectivity index (χ3n) is 3.33. The Morgan fingerprint density at radius 2 is 1.81 bits per heavy atom. The molecule has 0 saturated carbocycles. The summed E-state index contributed by atoms with van der Waals surface area (Å²) in [5.41, 5.74) is 9.50. The van der Waals surface area contributed by atoms with Gasteiger partial charge >= 0.3 is 0 Å². The van der Waals surface area contributed by atoms with E-state index in [2.05, 4.69) is 27.0 Å². The fraction of sp³-hybridized carbons (Fsp3) is 0.118. The molecule has 4 heteroatoms. The van der Waals surface area contributed by atoms with E-state index in [0.29, 0.717) is 17.3 Å². The zero-order valence-electron chi connectivity index (χ0n) is 11.9. The van der Waals surface area contributed by atoms with Crippen LogP contribution in [-0.4, -0.2) is 4.98 Å². The largest absolute Gasteiger partial charge is 0.436 e. The number of aromatic nitrogens is 1. The highest BCUT2D eigenvalue weighted by molar-refractivity contribution is 9.10. The van der Waals surface area contributed by atoms with Crippen molar-refractivity contribution >= 4 is 32.5 Å². The van der Waals surface area contributed by atoms with Crippen LogP contribution in [0.15, 0.2) is 46.9 Å². The van der Waals surface area contributed by atoms with E-state index in [1.54, 1.807) is 0 Å². The second kappa shape index (κ2) is 5.37. The number of aryl methyl sites for hydroxylation is 2. The highest BCUT2D eigenvalue weighted by atomic mass is 79.9. The number of fused-ring (bicyclic) bond motifs is 1. The van der Waals surface area contributed by atoms with Crippen LogP contribution >= 0.6 is 15.9 Å². The van der Waals surface area contributed by atoms with Gasteiger partial charge in [-0.25, -0.2) is 4.98 Å². The lowest BCUT2D eigenvalue weighted by molar-refractivity contribution is 0.460. The molecule has 0 aliphatic heterocycles. The van der Waals surface area contributed by atoms with Crippen LogP contribution in [0.1, 0.15) is 11.1 Å². The van der Waals surface area contributed by atoms with Crippen molar-refractivity contribution in [3.8, 4) is 11.6 Å². The Morgan fingerprint density at radius 3 is 2.57 bits per heavy atom. The van der Waals surface area contributed by atoms with E-state index in [4.69, 9.17) is 10.5 Å². The first-order chi connectivity index (χ1) is 10.0. The Labute approximate surface area is 131 Å². The molecule has 0 spiro atoms. The van der Waals surface area contributed by atoms with Gasteiger partial charge in [-0.05, 0) is 43.7 Å². The van der Waals surface area contributed by atoms with Gasteiger partial charge in [-0.2, -0.15) is 0 Å². The molecule has 3 nitrogen and oxygen atoms in total. The molecule has 0 amide bonds. The van der Waals surface area contributed by atoms with E-state index in [9.17, 15) is 0 Å². The predicted octanol–water partition coefficient (Wildman–Crippen LogP) is 4.99. The van der Waals surface area contributed by atoms with Crippen LogP contribution in [0.25, 0.3) is 10.9 Å². The molecule has 2 aromatic carbocycles. The number of rotatable bonds is 2. The number of pyridine rings is 1. The van der Waals surface area contributed by atoms with Crippen molar-refractivity contribution in [1.82, 2.24) is 4.98 Å². The molecule has 0 radical (unpaired) electrons. The molecule has 2 N–H and O–H groups in total. The van der Waals surface area contributed by atoms with E-state index in [1.165, 1.54) is 0 Å². The van der Waals surface area contributed by atoms with Crippen molar-refractivity contribution < 1.29 is 4.74 Å². The summed E-state index contributed by atoms with van der Waals surface area (Å²) < 4.78 is 6.91. The first-order valence-corrected chi connectivity index (χ1v) is 7.44. The number of para-hydroxylation sites is 1. The Kier molecular flexibility index (Phi) is 3.55. The van der Waals surface area contributed by atoms with E-state index < -0.39 is 0 Å². The molecule has 0 bridgehead atoms. The number of benzene rings is 2. The molecule has 0 aliphatic carbocycles. The van der Waals surface area contributed by atoms with Crippen LogP contribution in [-0.2, 0) is 0 Å². The minimum absolute atomic E-state index is 0.589. The van der Waals surface area contributed by atoms with Gasteiger partial charge in [-0.3, -0.25) is 0 Å². The van der Waals surface area contributed by atoms with Gasteiger partial charge in [0.05, 0.1) is 11.2 Å². The lowest BCUT2D eigenvalue weighted by Crippen LogP contribution is -1.98. The lowest BCUT2D eigenvalue weighted by Gasteiger charge is -2.13. The minimum atomic E-state index is 0.589. The van der Waals surface area contributed by atoms with Crippen LogP contribution in [0.4, 0.5) is 5.69 Å². The number of anilines is 1. The van der Waals surface area contributed by atoms with Crippen LogP contribution in [0.2, 0.25) is 0 Å². The van der Waals surface area contributed by atoms with Crippen LogP contribution in [0.3, 0.4) is 0 Å². The van der Waals surface area contributed by atoms with Gasteiger partial charge in [-0.15, -0.1) is 0 Å². The monoisotopic (exact) mass is 342 g/mol. The SMILES string of the molecule is Cc1cc2ccccc2nc1Oc1c(C)cc(Br)cc1N. The minimum Gasteiger partial charge on any atom is -0.436 e. The molecule has 0 saturated heterocycles. The van der Waals surface area contributed by atoms with Gasteiger partial charge in [-0.1, -0.05) is 34.1 Å². The number of hydrogen-bond donors (Lipinski definition) is 1. The van der Waals surface area contributed by atoms with Gasteiger partial charge in [0.15, 0.2) is 5.75 Å². The topological polar surface area (TPSA) is 48.1 Å². The van der Waals surface area contributed by atoms with Crippen molar-refractivity contribution in [3.63, 3.8) is 0 Å². The number of ether oxygens (including phenoxy) is 1. The third-order valence-corrected chi connectivity index (χ3v) is 3.79. The maximum absolute atomic E-state index is 6.05. The van der Waals surface area contributed by atoms with Crippen LogP contribution < -0.4 is 10.5 Å². The van der Waals surface area contributed by atoms with E-state index >= 15 is 0 Å². The summed E-state index contributed by atoms with van der Waals surface area (Å²) in [6.45, 7) is 3.95. The van der Waals surface area contributed by atoms with Crippen molar-refractivity contribution in [2.75, 3.05) is 5.73 Å². The summed E-state index contributed by atoms with van der Waals surface area (Å²) in [5, 5.41) is 1.10. The van der Waals surface area contributed by atoms with E-state index in [0.717, 1.165) is 26.5 Å². The molecule has 1 heterocycles. The Morgan fingerprint density at radius 1 is 1.05 bits per heavy atom. The third kappa shape index (κ3) is 2.72. The van der Waals surface area contributed by atoms with Gasteiger partial charge < -0.3 is 10.5 Å². The number of nitrogens with two attached hydrogens (primary N) is 1. The summed E-state index contributed by atoms with van der Waals surface area (Å²) in [4.78, 5) is 4.59. The molecule has 21 heavy (non-hydrogen) atoms. The highest BCUT2D eigenvalue weighted by Gasteiger charge is 2.11. The Balaban J connectivity index is 2.08. The molecule has 0 fully saturated rings. The van der Waals surface area contributed by atoms with Gasteiger partial charge in [0.25, 0.3) is 0 Å². The fourth-order valence-corrected chi connectivity index (χ4v) is 2.89. The molecule has 0 aliphatic rings. The zero-order valence-corrected chi connectivity index (χ0v) is 13.4. The molecule has 3 rings (SSSR count). The quantitative estimate of drug-likeness (QED) is 0.667. The number of nitrogen functional groups attached to an aromatic ring is 1. The molecular formula is C17H15BrN2O. The maximum atomic E-state index is 6.05. The highest BCUT2D eigenvalue weighted by Crippen LogP contribution is 2.35. The van der Waals surface area contributed by atoms with Crippen LogP contribution in [0.5, 0.6) is 11.6 Å². The molecule has 1 aromatic heterocycles. The van der Waals surface area contributed by atoms with E-state index in [1.807, 2.05) is 50.2 Å². The Hall–Kier alpha value is -2.07. The van der Waals surface area contributed by atoms with Crippen molar-refractivity contribution in [2.24, 2.45) is 0 Å². The standard InChI is InChI=1S/C17H15BrN2O/c1-10-8-13(18)9-14(19)16(10)21-17-11(2)7-12-5-3-4-6-15(12)20-17/h3-9H,19H2,1-2H3. The average Bonchev–Trinajstić information content (AvgIpc) is 2.43. The normalized spacial score (nSPS) is 10.8. The van der Waals surface area contributed by atoms with E-state index in [-0.39, 0.29) is 0 Å². The molecular weight excluding hydrogens is 328 g/mol. The number of hydrogen-bond acceptors (Lipinski definition) is 3. The van der Waals surface area contributed by atoms with Gasteiger partial charge in [0.2, 0.25) is 5.88 Å². The lowest BCUT2D eigenvalue weighted by atomic mass is 10.1. The summed E-state index contributed by atoms with van der Waals surface area (Å²) in [6, 6.07) is 13.9. The van der Waals surface area contributed by atoms with Gasteiger partial charge in [0, 0.05) is 15.4 Å².